The summed E-state index contributed by atoms with van der Waals surface area (Å²) < 4.78 is 5.94. The third kappa shape index (κ3) is 3.44. The molecule has 1 N–H and O–H groups in total. The molecule has 0 bridgehead atoms. The SMILES string of the molecule is CC(C)NCC(O[N+](=O)[O-])C1Cc2cc3c(cc2O1)CSS3. The van der Waals surface area contributed by atoms with Crippen molar-refractivity contribution in [1.29, 1.82) is 0 Å². The molecule has 2 atom stereocenters. The second-order valence-electron chi connectivity index (χ2n) is 5.70. The van der Waals surface area contributed by atoms with Crippen molar-refractivity contribution >= 4 is 21.6 Å². The first kappa shape index (κ1) is 15.8. The van der Waals surface area contributed by atoms with Crippen LogP contribution in [0.3, 0.4) is 0 Å². The molecule has 3 rings (SSSR count). The largest absolute Gasteiger partial charge is 0.487 e. The number of nitrogens with zero attached hydrogens (tertiary/aromatic N) is 1. The van der Waals surface area contributed by atoms with Crippen LogP contribution in [0.25, 0.3) is 0 Å². The topological polar surface area (TPSA) is 73.6 Å². The van der Waals surface area contributed by atoms with Gasteiger partial charge >= 0.3 is 0 Å². The molecule has 0 saturated heterocycles. The molecule has 0 radical (unpaired) electrons. The van der Waals surface area contributed by atoms with Gasteiger partial charge in [-0.25, -0.2) is 0 Å². The molecule has 8 heteroatoms. The molecule has 2 aliphatic rings. The zero-order valence-electron chi connectivity index (χ0n) is 12.4. The van der Waals surface area contributed by atoms with E-state index >= 15 is 0 Å². The fourth-order valence-corrected chi connectivity index (χ4v) is 5.06. The Morgan fingerprint density at radius 2 is 2.32 bits per heavy atom. The molecule has 0 amide bonds. The minimum Gasteiger partial charge on any atom is -0.487 e. The van der Waals surface area contributed by atoms with Gasteiger partial charge in [0, 0.05) is 29.7 Å². The third-order valence-electron chi connectivity index (χ3n) is 3.67. The van der Waals surface area contributed by atoms with Crippen molar-refractivity contribution in [2.24, 2.45) is 0 Å². The number of benzene rings is 1. The van der Waals surface area contributed by atoms with E-state index in [4.69, 9.17) is 9.57 Å². The predicted molar refractivity (Wildman–Crippen MR) is 86.7 cm³/mol. The molecule has 0 aliphatic carbocycles. The van der Waals surface area contributed by atoms with Crippen LogP contribution in [0.4, 0.5) is 0 Å². The number of hydrogen-bond donors (Lipinski definition) is 1. The summed E-state index contributed by atoms with van der Waals surface area (Å²) >= 11 is 0. The highest BCUT2D eigenvalue weighted by Crippen LogP contribution is 2.47. The minimum atomic E-state index is -0.731. The molecule has 2 unspecified atom stereocenters. The van der Waals surface area contributed by atoms with E-state index in [0.29, 0.717) is 13.0 Å². The summed E-state index contributed by atoms with van der Waals surface area (Å²) in [4.78, 5) is 16.9. The molecule has 22 heavy (non-hydrogen) atoms. The first-order chi connectivity index (χ1) is 10.5. The Bertz CT molecular complexity index is 549. The molecule has 2 heterocycles. The number of hydrogen-bond acceptors (Lipinski definition) is 7. The molecule has 2 aliphatic heterocycles. The molecule has 0 spiro atoms. The molecular formula is C14H18N2O4S2. The maximum atomic E-state index is 10.7. The molecule has 0 saturated carbocycles. The first-order valence-corrected chi connectivity index (χ1v) is 9.51. The maximum absolute atomic E-state index is 10.7. The lowest BCUT2D eigenvalue weighted by atomic mass is 10.0. The normalized spacial score (nSPS) is 20.4. The van der Waals surface area contributed by atoms with E-state index in [9.17, 15) is 10.1 Å². The average Bonchev–Trinajstić information content (AvgIpc) is 3.05. The van der Waals surface area contributed by atoms with E-state index in [1.807, 2.05) is 24.6 Å². The molecule has 0 aromatic heterocycles. The summed E-state index contributed by atoms with van der Waals surface area (Å²) in [7, 11) is 3.60. The van der Waals surface area contributed by atoms with Crippen LogP contribution >= 0.6 is 21.6 Å². The fraction of sp³-hybridized carbons (Fsp3) is 0.571. The zero-order chi connectivity index (χ0) is 15.7. The van der Waals surface area contributed by atoms with Crippen molar-refractivity contribution in [3.63, 3.8) is 0 Å². The third-order valence-corrected chi connectivity index (χ3v) is 6.02. The van der Waals surface area contributed by atoms with Crippen LogP contribution in [0, 0.1) is 10.1 Å². The summed E-state index contributed by atoms with van der Waals surface area (Å²) in [6, 6.07) is 4.45. The van der Waals surface area contributed by atoms with E-state index in [1.54, 1.807) is 10.8 Å². The molecule has 120 valence electrons. The quantitative estimate of drug-likeness (QED) is 0.484. The van der Waals surface area contributed by atoms with Gasteiger partial charge in [-0.2, -0.15) is 0 Å². The fourth-order valence-electron chi connectivity index (χ4n) is 2.59. The van der Waals surface area contributed by atoms with Crippen LogP contribution in [0.5, 0.6) is 5.75 Å². The molecule has 1 aromatic rings. The van der Waals surface area contributed by atoms with E-state index in [0.717, 1.165) is 17.1 Å². The summed E-state index contributed by atoms with van der Waals surface area (Å²) in [5.74, 6) is 1.82. The highest BCUT2D eigenvalue weighted by molar-refractivity contribution is 8.76. The molecule has 1 aromatic carbocycles. The van der Waals surface area contributed by atoms with Crippen molar-refractivity contribution in [3.05, 3.63) is 33.4 Å². The van der Waals surface area contributed by atoms with Crippen LogP contribution in [0.1, 0.15) is 25.0 Å². The van der Waals surface area contributed by atoms with E-state index in [-0.39, 0.29) is 12.1 Å². The zero-order valence-corrected chi connectivity index (χ0v) is 14.0. The van der Waals surface area contributed by atoms with Crippen LogP contribution in [0.15, 0.2) is 17.0 Å². The van der Waals surface area contributed by atoms with Crippen LogP contribution in [-0.4, -0.2) is 29.9 Å². The Kier molecular flexibility index (Phi) is 4.70. The number of ether oxygens (including phenoxy) is 1. The summed E-state index contributed by atoms with van der Waals surface area (Å²) in [5, 5.41) is 13.2. The number of nitrogens with one attached hydrogen (secondary N) is 1. The lowest BCUT2D eigenvalue weighted by Gasteiger charge is -2.22. The van der Waals surface area contributed by atoms with Gasteiger partial charge in [0.1, 0.15) is 11.9 Å². The van der Waals surface area contributed by atoms with Gasteiger partial charge < -0.3 is 14.9 Å². The van der Waals surface area contributed by atoms with Gasteiger partial charge in [0.05, 0.1) is 0 Å². The van der Waals surface area contributed by atoms with Gasteiger partial charge in [0.15, 0.2) is 6.10 Å². The van der Waals surface area contributed by atoms with Gasteiger partial charge in [0.2, 0.25) is 0 Å². The maximum Gasteiger partial charge on any atom is 0.294 e. The molecule has 0 fully saturated rings. The van der Waals surface area contributed by atoms with E-state index < -0.39 is 11.2 Å². The van der Waals surface area contributed by atoms with Crippen molar-refractivity contribution in [3.8, 4) is 5.75 Å². The van der Waals surface area contributed by atoms with E-state index in [2.05, 4.69) is 17.4 Å². The van der Waals surface area contributed by atoms with Gasteiger partial charge in [-0.15, -0.1) is 10.1 Å². The van der Waals surface area contributed by atoms with Crippen molar-refractivity contribution in [2.45, 2.75) is 49.2 Å². The second kappa shape index (κ2) is 6.55. The first-order valence-electron chi connectivity index (χ1n) is 7.19. The van der Waals surface area contributed by atoms with E-state index in [1.165, 1.54) is 10.5 Å². The van der Waals surface area contributed by atoms with Crippen molar-refractivity contribution in [1.82, 2.24) is 5.32 Å². The number of fused-ring (bicyclic) bond motifs is 2. The van der Waals surface area contributed by atoms with Gasteiger partial charge in [0.25, 0.3) is 5.09 Å². The van der Waals surface area contributed by atoms with Crippen LogP contribution < -0.4 is 10.1 Å². The highest BCUT2D eigenvalue weighted by atomic mass is 33.1. The van der Waals surface area contributed by atoms with Crippen LogP contribution in [0.2, 0.25) is 0 Å². The molecule has 6 nitrogen and oxygen atoms in total. The Labute approximate surface area is 136 Å². The standard InChI is InChI=1S/C14H18N2O4S2/c1-8(2)15-6-13(20-16(17)18)12-3-9-5-14-10(7-21-22-14)4-11(9)19-12/h4-5,8,12-13,15H,3,6-7H2,1-2H3. The Balaban J connectivity index is 1.72. The average molecular weight is 342 g/mol. The Morgan fingerprint density at radius 3 is 3.05 bits per heavy atom. The van der Waals surface area contributed by atoms with Crippen molar-refractivity contribution < 1.29 is 14.7 Å². The highest BCUT2D eigenvalue weighted by Gasteiger charge is 2.34. The Morgan fingerprint density at radius 1 is 1.50 bits per heavy atom. The summed E-state index contributed by atoms with van der Waals surface area (Å²) in [5.41, 5.74) is 2.39. The summed E-state index contributed by atoms with van der Waals surface area (Å²) in [6.07, 6.45) is -0.292. The lowest BCUT2D eigenvalue weighted by Crippen LogP contribution is -2.44. The Hall–Kier alpha value is -1.12. The van der Waals surface area contributed by atoms with Crippen molar-refractivity contribution in [2.75, 3.05) is 6.54 Å². The van der Waals surface area contributed by atoms with Gasteiger partial charge in [-0.3, -0.25) is 0 Å². The minimum absolute atomic E-state index is 0.235. The summed E-state index contributed by atoms with van der Waals surface area (Å²) in [6.45, 7) is 4.38. The van der Waals surface area contributed by atoms with Gasteiger partial charge in [-0.1, -0.05) is 35.4 Å². The number of rotatable bonds is 6. The van der Waals surface area contributed by atoms with Crippen LogP contribution in [-0.2, 0) is 17.0 Å². The predicted octanol–water partition coefficient (Wildman–Crippen LogP) is 2.82. The van der Waals surface area contributed by atoms with Gasteiger partial charge in [-0.05, 0) is 23.3 Å². The lowest BCUT2D eigenvalue weighted by molar-refractivity contribution is -0.769. The molecular weight excluding hydrogens is 324 g/mol. The monoisotopic (exact) mass is 342 g/mol. The smallest absolute Gasteiger partial charge is 0.294 e. The second-order valence-corrected chi connectivity index (χ2v) is 8.04.